The van der Waals surface area contributed by atoms with Crippen molar-refractivity contribution in [3.8, 4) is 0 Å². The topological polar surface area (TPSA) is 38.3 Å². The van der Waals surface area contributed by atoms with Crippen molar-refractivity contribution >= 4 is 5.91 Å². The summed E-state index contributed by atoms with van der Waals surface area (Å²) < 4.78 is 5.45. The number of carbonyl (C=O) groups excluding carboxylic acids is 1. The van der Waals surface area contributed by atoms with Crippen molar-refractivity contribution in [2.24, 2.45) is 0 Å². The summed E-state index contributed by atoms with van der Waals surface area (Å²) in [6.07, 6.45) is 5.63. The average Bonchev–Trinajstić information content (AvgIpc) is 2.55. The van der Waals surface area contributed by atoms with Crippen LogP contribution in [0.1, 0.15) is 26.7 Å². The molecule has 2 unspecified atom stereocenters. The number of carbonyl (C=O) groups is 1. The van der Waals surface area contributed by atoms with Gasteiger partial charge in [-0.25, -0.2) is 0 Å². The van der Waals surface area contributed by atoms with Crippen LogP contribution in [0.3, 0.4) is 0 Å². The normalized spacial score (nSPS) is 24.9. The lowest BCUT2D eigenvalue weighted by atomic mass is 10.1. The lowest BCUT2D eigenvalue weighted by Gasteiger charge is -2.18. The SMILES string of the molecule is CC=CC(=O)NC(C)C1CCCO1. The van der Waals surface area contributed by atoms with Crippen LogP contribution in [0.5, 0.6) is 0 Å². The molecule has 0 saturated carbocycles. The molecule has 0 aliphatic carbocycles. The second-order valence-electron chi connectivity index (χ2n) is 3.35. The first kappa shape index (κ1) is 10.3. The van der Waals surface area contributed by atoms with E-state index in [0.717, 1.165) is 19.4 Å². The summed E-state index contributed by atoms with van der Waals surface area (Å²) in [7, 11) is 0. The minimum Gasteiger partial charge on any atom is -0.376 e. The fraction of sp³-hybridized carbons (Fsp3) is 0.700. The molecule has 0 aromatic rings. The highest BCUT2D eigenvalue weighted by Gasteiger charge is 2.22. The van der Waals surface area contributed by atoms with Crippen LogP contribution >= 0.6 is 0 Å². The molecule has 0 radical (unpaired) electrons. The van der Waals surface area contributed by atoms with E-state index < -0.39 is 0 Å². The predicted octanol–water partition coefficient (Wildman–Crippen LogP) is 1.25. The van der Waals surface area contributed by atoms with Crippen LogP contribution in [-0.4, -0.2) is 24.7 Å². The third kappa shape index (κ3) is 3.19. The van der Waals surface area contributed by atoms with Gasteiger partial charge < -0.3 is 10.1 Å². The monoisotopic (exact) mass is 183 g/mol. The summed E-state index contributed by atoms with van der Waals surface area (Å²) in [6, 6.07) is 0.117. The fourth-order valence-corrected chi connectivity index (χ4v) is 1.51. The summed E-state index contributed by atoms with van der Waals surface area (Å²) in [6.45, 7) is 4.64. The Bertz CT molecular complexity index is 195. The maximum Gasteiger partial charge on any atom is 0.243 e. The van der Waals surface area contributed by atoms with Crippen LogP contribution in [0.25, 0.3) is 0 Å². The smallest absolute Gasteiger partial charge is 0.243 e. The van der Waals surface area contributed by atoms with Crippen molar-refractivity contribution in [1.82, 2.24) is 5.32 Å². The molecule has 0 bridgehead atoms. The van der Waals surface area contributed by atoms with Crippen LogP contribution in [0, 0.1) is 0 Å². The minimum absolute atomic E-state index is 0.0366. The third-order valence-electron chi connectivity index (χ3n) is 2.21. The number of ether oxygens (including phenoxy) is 1. The molecule has 1 fully saturated rings. The largest absolute Gasteiger partial charge is 0.376 e. The molecular formula is C10H17NO2. The first-order chi connectivity index (χ1) is 6.24. The number of amides is 1. The van der Waals surface area contributed by atoms with Gasteiger partial charge in [0.15, 0.2) is 0 Å². The Morgan fingerprint density at radius 3 is 3.00 bits per heavy atom. The van der Waals surface area contributed by atoms with Crippen LogP contribution in [0.15, 0.2) is 12.2 Å². The van der Waals surface area contributed by atoms with E-state index in [1.54, 1.807) is 6.08 Å². The van der Waals surface area contributed by atoms with Crippen molar-refractivity contribution in [1.29, 1.82) is 0 Å². The molecule has 1 rings (SSSR count). The van der Waals surface area contributed by atoms with E-state index in [0.29, 0.717) is 0 Å². The fourth-order valence-electron chi connectivity index (χ4n) is 1.51. The molecule has 3 heteroatoms. The van der Waals surface area contributed by atoms with Crippen LogP contribution in [0.4, 0.5) is 0 Å². The lowest BCUT2D eigenvalue weighted by molar-refractivity contribution is -0.117. The molecule has 1 amide bonds. The van der Waals surface area contributed by atoms with Crippen LogP contribution < -0.4 is 5.32 Å². The summed E-state index contributed by atoms with van der Waals surface area (Å²) in [5.41, 5.74) is 0. The van der Waals surface area contributed by atoms with Gasteiger partial charge in [0.1, 0.15) is 0 Å². The summed E-state index contributed by atoms with van der Waals surface area (Å²) in [4.78, 5) is 11.2. The molecule has 0 aromatic carbocycles. The molecule has 1 saturated heterocycles. The van der Waals surface area contributed by atoms with Gasteiger partial charge in [-0.3, -0.25) is 4.79 Å². The first-order valence-electron chi connectivity index (χ1n) is 4.79. The van der Waals surface area contributed by atoms with Gasteiger partial charge in [-0.15, -0.1) is 0 Å². The molecule has 0 spiro atoms. The van der Waals surface area contributed by atoms with Gasteiger partial charge in [0, 0.05) is 6.61 Å². The second-order valence-corrected chi connectivity index (χ2v) is 3.35. The number of rotatable bonds is 3. The van der Waals surface area contributed by atoms with E-state index in [2.05, 4.69) is 5.32 Å². The molecule has 1 aliphatic rings. The molecule has 13 heavy (non-hydrogen) atoms. The third-order valence-corrected chi connectivity index (χ3v) is 2.21. The minimum atomic E-state index is -0.0366. The zero-order valence-electron chi connectivity index (χ0n) is 8.25. The standard InChI is InChI=1S/C10H17NO2/c1-3-5-10(12)11-8(2)9-6-4-7-13-9/h3,5,8-9H,4,6-7H2,1-2H3,(H,11,12). The molecule has 3 nitrogen and oxygen atoms in total. The second kappa shape index (κ2) is 5.02. The van der Waals surface area contributed by atoms with Gasteiger partial charge in [0.2, 0.25) is 5.91 Å². The number of hydrogen-bond donors (Lipinski definition) is 1. The highest BCUT2D eigenvalue weighted by molar-refractivity contribution is 5.87. The number of hydrogen-bond acceptors (Lipinski definition) is 2. The average molecular weight is 183 g/mol. The molecule has 74 valence electrons. The zero-order chi connectivity index (χ0) is 9.68. The van der Waals surface area contributed by atoms with E-state index in [1.165, 1.54) is 6.08 Å². The van der Waals surface area contributed by atoms with Crippen molar-refractivity contribution < 1.29 is 9.53 Å². The van der Waals surface area contributed by atoms with Gasteiger partial charge in [-0.05, 0) is 32.8 Å². The van der Waals surface area contributed by atoms with Gasteiger partial charge >= 0.3 is 0 Å². The zero-order valence-corrected chi connectivity index (χ0v) is 8.25. The maximum absolute atomic E-state index is 11.2. The number of nitrogens with one attached hydrogen (secondary N) is 1. The highest BCUT2D eigenvalue weighted by Crippen LogP contribution is 2.15. The van der Waals surface area contributed by atoms with Crippen LogP contribution in [-0.2, 0) is 9.53 Å². The molecule has 1 N–H and O–H groups in total. The van der Waals surface area contributed by atoms with Crippen molar-refractivity contribution in [2.75, 3.05) is 6.61 Å². The maximum atomic E-state index is 11.2. The van der Waals surface area contributed by atoms with Gasteiger partial charge in [0.05, 0.1) is 12.1 Å². The molecule has 2 atom stereocenters. The molecule has 1 heterocycles. The quantitative estimate of drug-likeness (QED) is 0.669. The Kier molecular flexibility index (Phi) is 3.96. The predicted molar refractivity (Wildman–Crippen MR) is 51.4 cm³/mol. The Hall–Kier alpha value is -0.830. The van der Waals surface area contributed by atoms with E-state index in [9.17, 15) is 4.79 Å². The summed E-state index contributed by atoms with van der Waals surface area (Å²) in [5.74, 6) is -0.0366. The summed E-state index contributed by atoms with van der Waals surface area (Å²) >= 11 is 0. The van der Waals surface area contributed by atoms with Gasteiger partial charge in [-0.2, -0.15) is 0 Å². The van der Waals surface area contributed by atoms with E-state index in [1.807, 2.05) is 13.8 Å². The van der Waals surface area contributed by atoms with Gasteiger partial charge in [0.25, 0.3) is 0 Å². The Morgan fingerprint density at radius 1 is 1.69 bits per heavy atom. The summed E-state index contributed by atoms with van der Waals surface area (Å²) in [5, 5.41) is 2.87. The molecule has 0 aromatic heterocycles. The molecular weight excluding hydrogens is 166 g/mol. The highest BCUT2D eigenvalue weighted by atomic mass is 16.5. The first-order valence-corrected chi connectivity index (χ1v) is 4.79. The molecule has 1 aliphatic heterocycles. The Morgan fingerprint density at radius 2 is 2.46 bits per heavy atom. The Balaban J connectivity index is 2.30. The van der Waals surface area contributed by atoms with E-state index >= 15 is 0 Å². The van der Waals surface area contributed by atoms with Crippen molar-refractivity contribution in [3.05, 3.63) is 12.2 Å². The van der Waals surface area contributed by atoms with E-state index in [-0.39, 0.29) is 18.1 Å². The lowest BCUT2D eigenvalue weighted by Crippen LogP contribution is -2.39. The van der Waals surface area contributed by atoms with Crippen molar-refractivity contribution in [3.63, 3.8) is 0 Å². The van der Waals surface area contributed by atoms with Gasteiger partial charge in [-0.1, -0.05) is 6.08 Å². The van der Waals surface area contributed by atoms with Crippen molar-refractivity contribution in [2.45, 2.75) is 38.8 Å². The Labute approximate surface area is 79.2 Å². The van der Waals surface area contributed by atoms with Crippen LogP contribution in [0.2, 0.25) is 0 Å². The number of allylic oxidation sites excluding steroid dienone is 1. The van der Waals surface area contributed by atoms with E-state index in [4.69, 9.17) is 4.74 Å².